The van der Waals surface area contributed by atoms with Crippen LogP contribution >= 0.6 is 0 Å². The molecule has 0 aliphatic heterocycles. The highest BCUT2D eigenvalue weighted by molar-refractivity contribution is 5.71. The summed E-state index contributed by atoms with van der Waals surface area (Å²) in [6.45, 7) is 6.47. The number of hydrogen-bond acceptors (Lipinski definition) is 6. The van der Waals surface area contributed by atoms with Crippen molar-refractivity contribution in [2.75, 3.05) is 13.2 Å². The Balaban J connectivity index is 4.49. The molecule has 0 N–H and O–H groups in total. The normalized spacial score (nSPS) is 12.9. The van der Waals surface area contributed by atoms with Crippen LogP contribution in [0.3, 0.4) is 0 Å². The molecule has 422 valence electrons. The van der Waals surface area contributed by atoms with E-state index in [-0.39, 0.29) is 31.1 Å². The Labute approximate surface area is 457 Å². The van der Waals surface area contributed by atoms with Gasteiger partial charge in [-0.2, -0.15) is 0 Å². The molecule has 0 amide bonds. The summed E-state index contributed by atoms with van der Waals surface area (Å²) >= 11 is 0. The second-order valence-corrected chi connectivity index (χ2v) is 20.2. The Morgan fingerprint density at radius 2 is 0.527 bits per heavy atom. The van der Waals surface area contributed by atoms with Crippen LogP contribution < -0.4 is 0 Å². The molecule has 0 aromatic carbocycles. The maximum atomic E-state index is 12.9. The van der Waals surface area contributed by atoms with Gasteiger partial charge in [0.25, 0.3) is 0 Å². The van der Waals surface area contributed by atoms with Crippen LogP contribution in [0.15, 0.2) is 109 Å². The smallest absolute Gasteiger partial charge is 0.306 e. The molecule has 0 fully saturated rings. The first kappa shape index (κ1) is 70.1. The van der Waals surface area contributed by atoms with E-state index in [4.69, 9.17) is 14.2 Å². The first-order valence-corrected chi connectivity index (χ1v) is 30.9. The van der Waals surface area contributed by atoms with Gasteiger partial charge in [0, 0.05) is 19.3 Å². The molecule has 74 heavy (non-hydrogen) atoms. The van der Waals surface area contributed by atoms with Crippen molar-refractivity contribution in [2.24, 2.45) is 0 Å². The van der Waals surface area contributed by atoms with E-state index >= 15 is 0 Å². The van der Waals surface area contributed by atoms with Gasteiger partial charge in [0.1, 0.15) is 13.2 Å². The molecule has 0 saturated heterocycles. The highest BCUT2D eigenvalue weighted by Crippen LogP contribution is 2.15. The molecule has 0 aliphatic rings. The van der Waals surface area contributed by atoms with E-state index in [0.29, 0.717) is 19.3 Å². The topological polar surface area (TPSA) is 78.9 Å². The minimum absolute atomic E-state index is 0.0987. The Morgan fingerprint density at radius 3 is 0.892 bits per heavy atom. The minimum atomic E-state index is -0.805. The third kappa shape index (κ3) is 59.0. The molecule has 6 nitrogen and oxygen atoms in total. The largest absolute Gasteiger partial charge is 0.462 e. The number of rotatable bonds is 55. The summed E-state index contributed by atoms with van der Waals surface area (Å²) in [5.74, 6) is -0.950. The molecule has 0 saturated carbocycles. The molecule has 0 heterocycles. The van der Waals surface area contributed by atoms with Crippen molar-refractivity contribution in [3.63, 3.8) is 0 Å². The summed E-state index contributed by atoms with van der Waals surface area (Å²) in [5, 5.41) is 0. The summed E-state index contributed by atoms with van der Waals surface area (Å²) in [6, 6.07) is 0. The van der Waals surface area contributed by atoms with Gasteiger partial charge < -0.3 is 14.2 Å². The summed E-state index contributed by atoms with van der Waals surface area (Å²) in [5.41, 5.74) is 0. The third-order valence-corrected chi connectivity index (χ3v) is 13.0. The zero-order valence-electron chi connectivity index (χ0n) is 48.3. The van der Waals surface area contributed by atoms with Crippen LogP contribution in [-0.2, 0) is 28.6 Å². The minimum Gasteiger partial charge on any atom is -0.462 e. The summed E-state index contributed by atoms with van der Waals surface area (Å²) in [7, 11) is 0. The Kier molecular flexibility index (Phi) is 58.3. The fourth-order valence-electron chi connectivity index (χ4n) is 8.35. The molecule has 1 unspecified atom stereocenters. The van der Waals surface area contributed by atoms with E-state index in [1.54, 1.807) is 0 Å². The molecule has 6 heteroatoms. The lowest BCUT2D eigenvalue weighted by atomic mass is 10.1. The van der Waals surface area contributed by atoms with E-state index in [0.717, 1.165) is 109 Å². The van der Waals surface area contributed by atoms with Gasteiger partial charge in [-0.1, -0.05) is 246 Å². The number of carbonyl (C=O) groups excluding carboxylic acids is 3. The highest BCUT2D eigenvalue weighted by atomic mass is 16.6. The summed E-state index contributed by atoms with van der Waals surface area (Å²) < 4.78 is 16.9. The molecule has 0 radical (unpaired) electrons. The lowest BCUT2D eigenvalue weighted by Gasteiger charge is -2.18. The first-order valence-electron chi connectivity index (χ1n) is 30.9. The van der Waals surface area contributed by atoms with Gasteiger partial charge in [-0.15, -0.1) is 0 Å². The maximum Gasteiger partial charge on any atom is 0.306 e. The molecule has 0 aromatic heterocycles. The lowest BCUT2D eigenvalue weighted by molar-refractivity contribution is -0.167. The first-order chi connectivity index (χ1) is 36.5. The Bertz CT molecular complexity index is 1510. The van der Waals surface area contributed by atoms with Gasteiger partial charge in [0.05, 0.1) is 0 Å². The van der Waals surface area contributed by atoms with E-state index in [1.165, 1.54) is 135 Å². The number of unbranched alkanes of at least 4 members (excludes halogenated alkanes) is 26. The fraction of sp³-hybridized carbons (Fsp3) is 0.691. The van der Waals surface area contributed by atoms with Gasteiger partial charge in [-0.3, -0.25) is 14.4 Å². The molecular formula is C68H114O6. The maximum absolute atomic E-state index is 12.9. The second kappa shape index (κ2) is 61.6. The molecule has 0 bridgehead atoms. The molecule has 0 spiro atoms. The second-order valence-electron chi connectivity index (χ2n) is 20.2. The Morgan fingerprint density at radius 1 is 0.284 bits per heavy atom. The quantitative estimate of drug-likeness (QED) is 0.0261. The zero-order chi connectivity index (χ0) is 53.6. The lowest BCUT2D eigenvalue weighted by Crippen LogP contribution is -2.30. The zero-order valence-corrected chi connectivity index (χ0v) is 48.3. The summed E-state index contributed by atoms with van der Waals surface area (Å²) in [4.78, 5) is 38.3. The number of allylic oxidation sites excluding steroid dienone is 18. The Hall–Kier alpha value is -3.93. The van der Waals surface area contributed by atoms with E-state index in [1.807, 2.05) is 0 Å². The number of ether oxygens (including phenoxy) is 3. The van der Waals surface area contributed by atoms with Gasteiger partial charge in [0.15, 0.2) is 6.10 Å². The fourth-order valence-corrected chi connectivity index (χ4v) is 8.35. The number of esters is 3. The van der Waals surface area contributed by atoms with E-state index in [9.17, 15) is 14.4 Å². The highest BCUT2D eigenvalue weighted by Gasteiger charge is 2.19. The molecule has 0 rings (SSSR count). The standard InChI is InChI=1S/C68H114O6/c1-4-7-10-13-16-19-22-25-28-31-33-34-35-38-40-43-46-49-52-55-58-61-67(70)73-64-65(63-72-66(69)60-57-54-51-48-45-42-39-36-30-27-24-21-18-15-12-9-6-3)74-68(71)62-59-56-53-50-47-44-41-37-32-29-26-23-20-17-14-11-8-5-2/h7,10,16,18-19,21,25,27-30,32-34,38,40,46,49,65H,4-6,8-9,11-15,17,20,22-24,26,31,35-37,39,41-45,47-48,50-64H2,1-3H3/b10-7-,19-16-,21-18-,28-25-,30-27-,32-29-,34-33-,40-38-,49-46-. The summed E-state index contributed by atoms with van der Waals surface area (Å²) in [6.07, 6.45) is 83.7. The van der Waals surface area contributed by atoms with E-state index < -0.39 is 6.10 Å². The van der Waals surface area contributed by atoms with Crippen molar-refractivity contribution in [2.45, 2.75) is 290 Å². The number of hydrogen-bond donors (Lipinski definition) is 0. The van der Waals surface area contributed by atoms with Crippen molar-refractivity contribution < 1.29 is 28.6 Å². The van der Waals surface area contributed by atoms with Crippen LogP contribution in [0.25, 0.3) is 0 Å². The van der Waals surface area contributed by atoms with Crippen molar-refractivity contribution in [1.82, 2.24) is 0 Å². The van der Waals surface area contributed by atoms with Crippen LogP contribution in [0.1, 0.15) is 284 Å². The van der Waals surface area contributed by atoms with Crippen molar-refractivity contribution >= 4 is 17.9 Å². The third-order valence-electron chi connectivity index (χ3n) is 13.0. The molecule has 0 aromatic rings. The molecule has 1 atom stereocenters. The van der Waals surface area contributed by atoms with E-state index in [2.05, 4.69) is 130 Å². The van der Waals surface area contributed by atoms with Crippen molar-refractivity contribution in [1.29, 1.82) is 0 Å². The van der Waals surface area contributed by atoms with Crippen LogP contribution in [0.2, 0.25) is 0 Å². The van der Waals surface area contributed by atoms with Gasteiger partial charge in [0.2, 0.25) is 0 Å². The van der Waals surface area contributed by atoms with Crippen LogP contribution in [-0.4, -0.2) is 37.2 Å². The predicted molar refractivity (Wildman–Crippen MR) is 320 cm³/mol. The van der Waals surface area contributed by atoms with Gasteiger partial charge in [-0.25, -0.2) is 0 Å². The SMILES string of the molecule is CC/C=C\C/C=C\C/C=C\C/C=C\C/C=C\C/C=C\CCCCC(=O)OCC(COC(=O)CCCCCCCCC/C=C\C/C=C\CCCCC)OC(=O)CCCCCCCCC/C=C\CCCCCCCCC. The average molecular weight is 1030 g/mol. The monoisotopic (exact) mass is 1030 g/mol. The number of carbonyl (C=O) groups is 3. The average Bonchev–Trinajstić information content (AvgIpc) is 3.40. The van der Waals surface area contributed by atoms with Crippen molar-refractivity contribution in [3.05, 3.63) is 109 Å². The van der Waals surface area contributed by atoms with Gasteiger partial charge in [-0.05, 0) is 128 Å². The molecular weight excluding hydrogens is 913 g/mol. The van der Waals surface area contributed by atoms with Crippen LogP contribution in [0.4, 0.5) is 0 Å². The van der Waals surface area contributed by atoms with Crippen LogP contribution in [0.5, 0.6) is 0 Å². The van der Waals surface area contributed by atoms with Gasteiger partial charge >= 0.3 is 17.9 Å². The van der Waals surface area contributed by atoms with Crippen LogP contribution in [0, 0.1) is 0 Å². The molecule has 0 aliphatic carbocycles. The predicted octanol–water partition coefficient (Wildman–Crippen LogP) is 21.0. The van der Waals surface area contributed by atoms with Crippen molar-refractivity contribution in [3.8, 4) is 0 Å².